The van der Waals surface area contributed by atoms with Gasteiger partial charge < -0.3 is 9.79 Å². The number of phosphoric acid groups is 1. The molecule has 0 fully saturated rings. The fourth-order valence-corrected chi connectivity index (χ4v) is 4.45. The summed E-state index contributed by atoms with van der Waals surface area (Å²) in [6.07, 6.45) is 17.4. The molecule has 4 nitrogen and oxygen atoms in total. The maximum atomic E-state index is 11.5. The van der Waals surface area contributed by atoms with Crippen LogP contribution in [0.3, 0.4) is 0 Å². The van der Waals surface area contributed by atoms with Crippen molar-refractivity contribution in [1.29, 1.82) is 0 Å². The van der Waals surface area contributed by atoms with Gasteiger partial charge in [0, 0.05) is 0 Å². The topological polar surface area (TPSA) is 66.8 Å². The van der Waals surface area contributed by atoms with E-state index < -0.39 is 13.4 Å². The molecule has 0 aromatic carbocycles. The van der Waals surface area contributed by atoms with Gasteiger partial charge >= 0.3 is 7.82 Å². The molecule has 0 saturated carbocycles. The van der Waals surface area contributed by atoms with E-state index in [4.69, 9.17) is 4.52 Å². The summed E-state index contributed by atoms with van der Waals surface area (Å²) < 4.78 is 16.9. The van der Waals surface area contributed by atoms with E-state index in [1.54, 1.807) is 0 Å². The van der Waals surface area contributed by atoms with Crippen LogP contribution in [0.15, 0.2) is 0 Å². The van der Waals surface area contributed by atoms with Crippen molar-refractivity contribution in [1.82, 2.24) is 0 Å². The first-order valence-electron chi connectivity index (χ1n) is 10.7. The molecule has 2 N–H and O–H groups in total. The summed E-state index contributed by atoms with van der Waals surface area (Å²) in [5.41, 5.74) is -0.636. The van der Waals surface area contributed by atoms with Crippen molar-refractivity contribution in [2.45, 2.75) is 129 Å². The van der Waals surface area contributed by atoms with Gasteiger partial charge in [0.15, 0.2) is 0 Å². The molecule has 0 rings (SSSR count). The molecule has 0 amide bonds. The van der Waals surface area contributed by atoms with Crippen LogP contribution < -0.4 is 0 Å². The molecule has 0 aliphatic rings. The standard InChI is InChI=1S/C20H43O4P/c1-4-7-9-11-13-15-18-20(17-6-3,24-25(21,22)23)19-16-14-12-10-8-5-2/h4-19H2,1-3H3,(H2,21,22,23). The Hall–Kier alpha value is 0.110. The van der Waals surface area contributed by atoms with Crippen molar-refractivity contribution in [2.24, 2.45) is 0 Å². The Morgan fingerprint density at radius 1 is 0.640 bits per heavy atom. The van der Waals surface area contributed by atoms with E-state index in [1.165, 1.54) is 51.4 Å². The summed E-state index contributed by atoms with van der Waals surface area (Å²) in [7, 11) is -4.45. The molecule has 0 radical (unpaired) electrons. The Morgan fingerprint density at radius 3 is 1.40 bits per heavy atom. The van der Waals surface area contributed by atoms with Gasteiger partial charge in [-0.25, -0.2) is 4.57 Å². The Kier molecular flexibility index (Phi) is 15.3. The van der Waals surface area contributed by atoms with Crippen LogP contribution in [0, 0.1) is 0 Å². The van der Waals surface area contributed by atoms with Gasteiger partial charge in [-0.1, -0.05) is 104 Å². The molecule has 0 aromatic heterocycles. The summed E-state index contributed by atoms with van der Waals surface area (Å²) in [5.74, 6) is 0. The van der Waals surface area contributed by atoms with Crippen molar-refractivity contribution in [3.8, 4) is 0 Å². The predicted octanol–water partition coefficient (Wildman–Crippen LogP) is 7.14. The average Bonchev–Trinajstić information content (AvgIpc) is 2.53. The Balaban J connectivity index is 4.50. The lowest BCUT2D eigenvalue weighted by atomic mass is 9.86. The maximum Gasteiger partial charge on any atom is 0.470 e. The first-order chi connectivity index (χ1) is 11.9. The minimum absolute atomic E-state index is 0.636. The van der Waals surface area contributed by atoms with Crippen LogP contribution in [0.1, 0.15) is 124 Å². The molecule has 0 aliphatic heterocycles. The summed E-state index contributed by atoms with van der Waals surface area (Å²) in [4.78, 5) is 18.8. The Bertz CT molecular complexity index is 325. The summed E-state index contributed by atoms with van der Waals surface area (Å²) in [6, 6.07) is 0. The van der Waals surface area contributed by atoms with Gasteiger partial charge in [0.05, 0.1) is 5.60 Å². The largest absolute Gasteiger partial charge is 0.470 e. The zero-order valence-electron chi connectivity index (χ0n) is 17.0. The van der Waals surface area contributed by atoms with Crippen LogP contribution in [0.25, 0.3) is 0 Å². The smallest absolute Gasteiger partial charge is 0.303 e. The molecular formula is C20H43O4P. The second-order valence-corrected chi connectivity index (χ2v) is 8.71. The normalized spacial score (nSPS) is 12.7. The van der Waals surface area contributed by atoms with Gasteiger partial charge in [-0.3, -0.25) is 4.52 Å². The number of hydrogen-bond acceptors (Lipinski definition) is 2. The lowest BCUT2D eigenvalue weighted by Gasteiger charge is -2.34. The van der Waals surface area contributed by atoms with Crippen LogP contribution in [0.2, 0.25) is 0 Å². The highest BCUT2D eigenvalue weighted by molar-refractivity contribution is 7.46. The molecule has 0 unspecified atom stereocenters. The third kappa shape index (κ3) is 14.9. The van der Waals surface area contributed by atoms with E-state index in [9.17, 15) is 14.4 Å². The third-order valence-electron chi connectivity index (χ3n) is 4.99. The molecule has 152 valence electrons. The van der Waals surface area contributed by atoms with E-state index >= 15 is 0 Å². The summed E-state index contributed by atoms with van der Waals surface area (Å²) >= 11 is 0. The zero-order chi connectivity index (χ0) is 19.0. The molecule has 0 heterocycles. The molecule has 0 bridgehead atoms. The van der Waals surface area contributed by atoms with Crippen LogP contribution in [-0.2, 0) is 9.09 Å². The van der Waals surface area contributed by atoms with Crippen molar-refractivity contribution < 1.29 is 18.9 Å². The van der Waals surface area contributed by atoms with E-state index in [2.05, 4.69) is 20.8 Å². The molecule has 5 heteroatoms. The van der Waals surface area contributed by atoms with Crippen LogP contribution in [-0.4, -0.2) is 15.4 Å². The zero-order valence-corrected chi connectivity index (χ0v) is 17.9. The highest BCUT2D eigenvalue weighted by Gasteiger charge is 2.36. The van der Waals surface area contributed by atoms with E-state index in [-0.39, 0.29) is 0 Å². The van der Waals surface area contributed by atoms with Crippen molar-refractivity contribution in [3.63, 3.8) is 0 Å². The SMILES string of the molecule is CCCCCCCCC(CCC)(CCCCCCCC)OP(=O)(O)O. The lowest BCUT2D eigenvalue weighted by Crippen LogP contribution is -2.31. The third-order valence-corrected chi connectivity index (χ3v) is 5.62. The Labute approximate surface area is 156 Å². The average molecular weight is 379 g/mol. The number of rotatable bonds is 18. The lowest BCUT2D eigenvalue weighted by molar-refractivity contribution is 0.00683. The first kappa shape index (κ1) is 25.1. The van der Waals surface area contributed by atoms with Gasteiger partial charge in [-0.2, -0.15) is 0 Å². The van der Waals surface area contributed by atoms with Crippen LogP contribution in [0.5, 0.6) is 0 Å². The molecular weight excluding hydrogens is 335 g/mol. The molecule has 0 aromatic rings. The molecule has 25 heavy (non-hydrogen) atoms. The van der Waals surface area contributed by atoms with Gasteiger partial charge in [0.25, 0.3) is 0 Å². The molecule has 0 atom stereocenters. The van der Waals surface area contributed by atoms with Gasteiger partial charge in [0.1, 0.15) is 0 Å². The Morgan fingerprint density at radius 2 is 1.04 bits per heavy atom. The van der Waals surface area contributed by atoms with E-state index in [1.807, 2.05) is 0 Å². The van der Waals surface area contributed by atoms with Crippen molar-refractivity contribution in [2.75, 3.05) is 0 Å². The second kappa shape index (κ2) is 15.2. The number of hydrogen-bond donors (Lipinski definition) is 2. The first-order valence-corrected chi connectivity index (χ1v) is 12.2. The maximum absolute atomic E-state index is 11.5. The minimum atomic E-state index is -4.45. The molecule has 0 saturated heterocycles. The highest BCUT2D eigenvalue weighted by atomic mass is 31.2. The fourth-order valence-electron chi connectivity index (χ4n) is 3.67. The fraction of sp³-hybridized carbons (Fsp3) is 1.00. The highest BCUT2D eigenvalue weighted by Crippen LogP contribution is 2.47. The van der Waals surface area contributed by atoms with Gasteiger partial charge in [-0.15, -0.1) is 0 Å². The van der Waals surface area contributed by atoms with Gasteiger partial charge in [0.2, 0.25) is 0 Å². The minimum Gasteiger partial charge on any atom is -0.303 e. The number of phosphoric ester groups is 1. The van der Waals surface area contributed by atoms with Crippen LogP contribution in [0.4, 0.5) is 0 Å². The number of unbranched alkanes of at least 4 members (excludes halogenated alkanes) is 10. The molecule has 0 aliphatic carbocycles. The predicted molar refractivity (Wildman–Crippen MR) is 107 cm³/mol. The van der Waals surface area contributed by atoms with E-state index in [0.717, 1.165) is 51.4 Å². The quantitative estimate of drug-likeness (QED) is 0.196. The van der Waals surface area contributed by atoms with Crippen molar-refractivity contribution in [3.05, 3.63) is 0 Å². The van der Waals surface area contributed by atoms with Gasteiger partial charge in [-0.05, 0) is 19.3 Å². The second-order valence-electron chi connectivity index (χ2n) is 7.55. The molecule has 0 spiro atoms. The van der Waals surface area contributed by atoms with Crippen LogP contribution >= 0.6 is 7.82 Å². The van der Waals surface area contributed by atoms with E-state index in [0.29, 0.717) is 0 Å². The van der Waals surface area contributed by atoms with Crippen molar-refractivity contribution >= 4 is 7.82 Å². The summed E-state index contributed by atoms with van der Waals surface area (Å²) in [6.45, 7) is 6.49. The monoisotopic (exact) mass is 378 g/mol. The summed E-state index contributed by atoms with van der Waals surface area (Å²) in [5, 5.41) is 0.